The third-order valence-electron chi connectivity index (χ3n) is 5.54. The van der Waals surface area contributed by atoms with Gasteiger partial charge in [0.15, 0.2) is 0 Å². The summed E-state index contributed by atoms with van der Waals surface area (Å²) in [5, 5.41) is 14.0. The lowest BCUT2D eigenvalue weighted by molar-refractivity contribution is -0.274. The summed E-state index contributed by atoms with van der Waals surface area (Å²) < 4.78 is 43.4. The van der Waals surface area contributed by atoms with Gasteiger partial charge in [0.1, 0.15) is 5.75 Å². The minimum absolute atomic E-state index is 0.0628. The van der Waals surface area contributed by atoms with Gasteiger partial charge in [-0.1, -0.05) is 23.7 Å². The predicted octanol–water partition coefficient (Wildman–Crippen LogP) is 4.58. The van der Waals surface area contributed by atoms with Gasteiger partial charge in [0.05, 0.1) is 23.5 Å². The van der Waals surface area contributed by atoms with Crippen molar-refractivity contribution >= 4 is 17.5 Å². The molecule has 37 heavy (non-hydrogen) atoms. The summed E-state index contributed by atoms with van der Waals surface area (Å²) in [7, 11) is 0. The van der Waals surface area contributed by atoms with Crippen LogP contribution in [0.2, 0.25) is 5.02 Å². The molecule has 0 spiro atoms. The number of imidazole rings is 1. The van der Waals surface area contributed by atoms with Gasteiger partial charge in [0.25, 0.3) is 5.91 Å². The number of pyridine rings is 1. The minimum Gasteiger partial charge on any atom is -0.493 e. The smallest absolute Gasteiger partial charge is 0.493 e. The lowest BCUT2D eigenvalue weighted by Gasteiger charge is -2.11. The van der Waals surface area contributed by atoms with E-state index in [2.05, 4.69) is 15.0 Å². The second-order valence-electron chi connectivity index (χ2n) is 8.00. The molecular weight excluding hydrogens is 513 g/mol. The van der Waals surface area contributed by atoms with Crippen molar-refractivity contribution < 1.29 is 27.8 Å². The van der Waals surface area contributed by atoms with Gasteiger partial charge < -0.3 is 15.2 Å². The molecule has 0 radical (unpaired) electrons. The molecule has 12 heteroatoms. The second kappa shape index (κ2) is 10.4. The fourth-order valence-electron chi connectivity index (χ4n) is 3.67. The molecule has 192 valence electrons. The molecule has 4 rings (SSSR count). The molecule has 2 N–H and O–H groups in total. The van der Waals surface area contributed by atoms with Crippen molar-refractivity contribution in [2.24, 2.45) is 0 Å². The van der Waals surface area contributed by atoms with Gasteiger partial charge in [-0.25, -0.2) is 9.36 Å². The van der Waals surface area contributed by atoms with E-state index in [4.69, 9.17) is 11.6 Å². The van der Waals surface area contributed by atoms with Crippen LogP contribution in [0.5, 0.6) is 11.6 Å². The van der Waals surface area contributed by atoms with E-state index < -0.39 is 29.6 Å². The van der Waals surface area contributed by atoms with Crippen molar-refractivity contribution in [3.63, 3.8) is 0 Å². The van der Waals surface area contributed by atoms with Crippen LogP contribution in [0.1, 0.15) is 27.2 Å². The van der Waals surface area contributed by atoms with Crippen molar-refractivity contribution in [1.29, 1.82) is 0 Å². The standard InChI is InChI=1S/C25H20ClF3N4O4/c1-15-23(35)33(19-6-8-20(9-7-19)37-25(27,28)29)24(36)32(15)14-17-10-11-30-13-21(17)22(34)31-12-16-2-4-18(26)5-3-16/h2-11,13,35H,12,14H2,1H3,(H,31,34). The normalized spacial score (nSPS) is 11.4. The Morgan fingerprint density at radius 2 is 1.78 bits per heavy atom. The number of carbonyl (C=O) groups excluding carboxylic acids is 1. The first-order valence-electron chi connectivity index (χ1n) is 10.9. The number of nitrogens with zero attached hydrogens (tertiary/aromatic N) is 3. The SMILES string of the molecule is Cc1c(O)n(-c2ccc(OC(F)(F)F)cc2)c(=O)n1Cc1ccncc1C(=O)NCc1ccc(Cl)cc1. The Morgan fingerprint density at radius 1 is 1.11 bits per heavy atom. The van der Waals surface area contributed by atoms with Crippen LogP contribution in [0.25, 0.3) is 5.69 Å². The second-order valence-corrected chi connectivity index (χ2v) is 8.43. The van der Waals surface area contributed by atoms with Crippen molar-refractivity contribution in [2.45, 2.75) is 26.4 Å². The molecule has 0 aliphatic carbocycles. The summed E-state index contributed by atoms with van der Waals surface area (Å²) in [4.78, 5) is 30.1. The highest BCUT2D eigenvalue weighted by atomic mass is 35.5. The number of aromatic hydroxyl groups is 1. The summed E-state index contributed by atoms with van der Waals surface area (Å²) in [6.45, 7) is 1.69. The average molecular weight is 533 g/mol. The van der Waals surface area contributed by atoms with Crippen LogP contribution in [0.15, 0.2) is 71.8 Å². The van der Waals surface area contributed by atoms with Gasteiger partial charge in [0.2, 0.25) is 5.88 Å². The summed E-state index contributed by atoms with van der Waals surface area (Å²) in [5.74, 6) is -1.27. The lowest BCUT2D eigenvalue weighted by atomic mass is 10.1. The number of alkyl halides is 3. The number of amides is 1. The summed E-state index contributed by atoms with van der Waals surface area (Å²) in [5.41, 5.74) is 1.23. The number of halogens is 4. The molecular formula is C25H20ClF3N4O4. The molecule has 0 unspecified atom stereocenters. The first-order chi connectivity index (χ1) is 17.5. The van der Waals surface area contributed by atoms with Crippen molar-refractivity contribution in [1.82, 2.24) is 19.4 Å². The van der Waals surface area contributed by atoms with Crippen LogP contribution in [0.4, 0.5) is 13.2 Å². The number of benzene rings is 2. The highest BCUT2D eigenvalue weighted by molar-refractivity contribution is 6.30. The maximum absolute atomic E-state index is 13.2. The number of nitrogens with one attached hydrogen (secondary N) is 1. The number of aromatic nitrogens is 3. The van der Waals surface area contributed by atoms with E-state index in [-0.39, 0.29) is 30.0 Å². The number of rotatable bonds is 7. The molecule has 2 aromatic heterocycles. The Bertz CT molecular complexity index is 1480. The van der Waals surface area contributed by atoms with Gasteiger partial charge in [-0.05, 0) is 60.5 Å². The molecule has 2 aromatic carbocycles. The van der Waals surface area contributed by atoms with E-state index in [0.717, 1.165) is 22.3 Å². The van der Waals surface area contributed by atoms with E-state index in [1.165, 1.54) is 36.0 Å². The lowest BCUT2D eigenvalue weighted by Crippen LogP contribution is -2.27. The quantitative estimate of drug-likeness (QED) is 0.363. The third kappa shape index (κ3) is 5.95. The first kappa shape index (κ1) is 25.8. The van der Waals surface area contributed by atoms with Crippen LogP contribution in [0, 0.1) is 6.92 Å². The Hall–Kier alpha value is -4.25. The number of carbonyl (C=O) groups is 1. The third-order valence-corrected chi connectivity index (χ3v) is 5.79. The maximum atomic E-state index is 13.2. The minimum atomic E-state index is -4.86. The monoisotopic (exact) mass is 532 g/mol. The topological polar surface area (TPSA) is 98.4 Å². The predicted molar refractivity (Wildman–Crippen MR) is 129 cm³/mol. The van der Waals surface area contributed by atoms with Gasteiger partial charge in [-0.15, -0.1) is 13.2 Å². The van der Waals surface area contributed by atoms with Crippen molar-refractivity contribution in [3.05, 3.63) is 105 Å². The molecule has 1 amide bonds. The van der Waals surface area contributed by atoms with Crippen molar-refractivity contribution in [3.8, 4) is 17.3 Å². The molecule has 8 nitrogen and oxygen atoms in total. The van der Waals surface area contributed by atoms with Crippen LogP contribution in [-0.4, -0.2) is 31.5 Å². The zero-order valence-electron chi connectivity index (χ0n) is 19.3. The number of hydrogen-bond donors (Lipinski definition) is 2. The zero-order chi connectivity index (χ0) is 26.7. The molecule has 0 atom stereocenters. The van der Waals surface area contributed by atoms with Crippen LogP contribution in [-0.2, 0) is 13.1 Å². The molecule has 0 saturated heterocycles. The van der Waals surface area contributed by atoms with E-state index in [0.29, 0.717) is 10.6 Å². The molecule has 0 aliphatic rings. The Kier molecular flexibility index (Phi) is 7.25. The van der Waals surface area contributed by atoms with E-state index in [9.17, 15) is 27.9 Å². The number of ether oxygens (including phenoxy) is 1. The maximum Gasteiger partial charge on any atom is 0.573 e. The number of hydrogen-bond acceptors (Lipinski definition) is 5. The van der Waals surface area contributed by atoms with E-state index in [1.54, 1.807) is 30.3 Å². The highest BCUT2D eigenvalue weighted by Crippen LogP contribution is 2.26. The highest BCUT2D eigenvalue weighted by Gasteiger charge is 2.31. The van der Waals surface area contributed by atoms with Gasteiger partial charge in [-0.3, -0.25) is 14.3 Å². The Labute approximate surface area is 213 Å². The molecule has 0 aliphatic heterocycles. The summed E-state index contributed by atoms with van der Waals surface area (Å²) in [6.07, 6.45) is -2.01. The van der Waals surface area contributed by atoms with Crippen LogP contribution < -0.4 is 15.7 Å². The molecule has 4 aromatic rings. The first-order valence-corrected chi connectivity index (χ1v) is 11.2. The van der Waals surface area contributed by atoms with E-state index in [1.807, 2.05) is 0 Å². The summed E-state index contributed by atoms with van der Waals surface area (Å²) in [6, 6.07) is 13.1. The van der Waals surface area contributed by atoms with Gasteiger partial charge >= 0.3 is 12.1 Å². The van der Waals surface area contributed by atoms with Crippen LogP contribution in [0.3, 0.4) is 0 Å². The molecule has 0 fully saturated rings. The average Bonchev–Trinajstić information content (AvgIpc) is 3.06. The zero-order valence-corrected chi connectivity index (χ0v) is 20.0. The van der Waals surface area contributed by atoms with Gasteiger partial charge in [-0.2, -0.15) is 0 Å². The van der Waals surface area contributed by atoms with Crippen molar-refractivity contribution in [2.75, 3.05) is 0 Å². The fraction of sp³-hybridized carbons (Fsp3) is 0.160. The Balaban J connectivity index is 1.58. The van der Waals surface area contributed by atoms with Crippen LogP contribution >= 0.6 is 11.6 Å². The Morgan fingerprint density at radius 3 is 2.43 bits per heavy atom. The summed E-state index contributed by atoms with van der Waals surface area (Å²) >= 11 is 5.89. The fourth-order valence-corrected chi connectivity index (χ4v) is 3.79. The largest absolute Gasteiger partial charge is 0.573 e. The molecule has 0 bridgehead atoms. The molecule has 0 saturated carbocycles. The van der Waals surface area contributed by atoms with E-state index >= 15 is 0 Å². The van der Waals surface area contributed by atoms with Gasteiger partial charge in [0, 0.05) is 24.0 Å². The molecule has 2 heterocycles.